The van der Waals surface area contributed by atoms with Gasteiger partial charge in [0.1, 0.15) is 5.82 Å². The fourth-order valence-corrected chi connectivity index (χ4v) is 1.39. The molecule has 0 radical (unpaired) electrons. The maximum absolute atomic E-state index is 9.82. The third-order valence-corrected chi connectivity index (χ3v) is 2.33. The minimum atomic E-state index is -0.545. The number of rotatable bonds is 5. The number of hydrogen-bond donors (Lipinski definition) is 2. The lowest BCUT2D eigenvalue weighted by molar-refractivity contribution is -0.0207. The Hall–Kier alpha value is -1.13. The van der Waals surface area contributed by atoms with Crippen LogP contribution in [-0.2, 0) is 11.2 Å². The molecule has 15 heavy (non-hydrogen) atoms. The van der Waals surface area contributed by atoms with Gasteiger partial charge in [0.05, 0.1) is 12.2 Å². The second-order valence-electron chi connectivity index (χ2n) is 3.48. The zero-order valence-electron chi connectivity index (χ0n) is 9.18. The summed E-state index contributed by atoms with van der Waals surface area (Å²) in [6.45, 7) is 4.35. The van der Waals surface area contributed by atoms with Gasteiger partial charge in [-0.3, -0.25) is 0 Å². The molecule has 0 aliphatic heterocycles. The Morgan fingerprint density at radius 2 is 2.33 bits per heavy atom. The molecule has 0 aliphatic carbocycles. The first kappa shape index (κ1) is 11.9. The Balaban J connectivity index is 2.58. The molecule has 2 atom stereocenters. The van der Waals surface area contributed by atoms with E-state index in [-0.39, 0.29) is 6.10 Å². The molecule has 0 spiro atoms. The van der Waals surface area contributed by atoms with Crippen LogP contribution in [-0.4, -0.2) is 28.9 Å². The molecule has 0 aromatic carbocycles. The van der Waals surface area contributed by atoms with Crippen molar-refractivity contribution in [2.24, 2.45) is 0 Å². The summed E-state index contributed by atoms with van der Waals surface area (Å²) in [6, 6.07) is 3.67. The number of aromatic nitrogens is 1. The van der Waals surface area contributed by atoms with Gasteiger partial charge in [0.15, 0.2) is 0 Å². The molecular formula is C11H18N2O2. The monoisotopic (exact) mass is 210 g/mol. The van der Waals surface area contributed by atoms with Crippen LogP contribution >= 0.6 is 0 Å². The molecule has 2 unspecified atom stereocenters. The van der Waals surface area contributed by atoms with Crippen LogP contribution < -0.4 is 5.73 Å². The normalized spacial score (nSPS) is 14.9. The molecule has 1 aromatic rings. The smallest absolute Gasteiger partial charge is 0.126 e. The fourth-order valence-electron chi connectivity index (χ4n) is 1.39. The molecule has 4 heteroatoms. The van der Waals surface area contributed by atoms with Crippen LogP contribution in [0.2, 0.25) is 0 Å². The third kappa shape index (κ3) is 3.49. The molecule has 1 aromatic heterocycles. The van der Waals surface area contributed by atoms with Gasteiger partial charge in [0, 0.05) is 19.2 Å². The van der Waals surface area contributed by atoms with Crippen LogP contribution in [0.25, 0.3) is 0 Å². The fraction of sp³-hybridized carbons (Fsp3) is 0.545. The van der Waals surface area contributed by atoms with Crippen molar-refractivity contribution in [3.63, 3.8) is 0 Å². The van der Waals surface area contributed by atoms with Crippen molar-refractivity contribution in [2.45, 2.75) is 32.5 Å². The van der Waals surface area contributed by atoms with Crippen LogP contribution in [0.1, 0.15) is 19.4 Å². The van der Waals surface area contributed by atoms with Gasteiger partial charge >= 0.3 is 0 Å². The van der Waals surface area contributed by atoms with Gasteiger partial charge in [0.2, 0.25) is 0 Å². The minimum absolute atomic E-state index is 0.186. The van der Waals surface area contributed by atoms with Crippen molar-refractivity contribution in [1.82, 2.24) is 4.98 Å². The number of pyridine rings is 1. The Bertz CT molecular complexity index is 304. The van der Waals surface area contributed by atoms with Crippen molar-refractivity contribution >= 4 is 5.82 Å². The average Bonchev–Trinajstić information content (AvgIpc) is 2.21. The zero-order valence-corrected chi connectivity index (χ0v) is 9.18. The number of ether oxygens (including phenoxy) is 1. The molecule has 1 heterocycles. The van der Waals surface area contributed by atoms with E-state index in [0.29, 0.717) is 18.8 Å². The molecule has 0 fully saturated rings. The van der Waals surface area contributed by atoms with Crippen molar-refractivity contribution in [3.05, 3.63) is 23.9 Å². The highest BCUT2D eigenvalue weighted by atomic mass is 16.5. The van der Waals surface area contributed by atoms with E-state index in [4.69, 9.17) is 10.5 Å². The largest absolute Gasteiger partial charge is 0.390 e. The Kier molecular flexibility index (Phi) is 4.52. The van der Waals surface area contributed by atoms with Crippen LogP contribution in [0, 0.1) is 0 Å². The first-order valence-electron chi connectivity index (χ1n) is 5.14. The summed E-state index contributed by atoms with van der Waals surface area (Å²) < 4.78 is 5.30. The van der Waals surface area contributed by atoms with Crippen molar-refractivity contribution < 1.29 is 9.84 Å². The summed E-state index contributed by atoms with van der Waals surface area (Å²) in [5, 5.41) is 9.82. The number of hydrogen-bond acceptors (Lipinski definition) is 4. The number of nitrogens with zero attached hydrogens (tertiary/aromatic N) is 1. The van der Waals surface area contributed by atoms with E-state index in [0.717, 1.165) is 5.56 Å². The van der Waals surface area contributed by atoms with E-state index in [1.807, 2.05) is 26.0 Å². The number of aliphatic hydroxyl groups excluding tert-OH is 1. The maximum Gasteiger partial charge on any atom is 0.126 e. The van der Waals surface area contributed by atoms with E-state index < -0.39 is 6.10 Å². The second kappa shape index (κ2) is 5.68. The van der Waals surface area contributed by atoms with Gasteiger partial charge in [-0.1, -0.05) is 6.07 Å². The zero-order chi connectivity index (χ0) is 11.3. The highest BCUT2D eigenvalue weighted by Crippen LogP contribution is 2.12. The molecule has 0 bridgehead atoms. The van der Waals surface area contributed by atoms with Crippen LogP contribution in [0.3, 0.4) is 0 Å². The summed E-state index contributed by atoms with van der Waals surface area (Å²) in [5.41, 5.74) is 6.54. The molecule has 84 valence electrons. The minimum Gasteiger partial charge on any atom is -0.390 e. The average molecular weight is 210 g/mol. The summed E-state index contributed by atoms with van der Waals surface area (Å²) in [6.07, 6.45) is 1.38. The second-order valence-corrected chi connectivity index (χ2v) is 3.48. The lowest BCUT2D eigenvalue weighted by atomic mass is 10.1. The van der Waals surface area contributed by atoms with Crippen molar-refractivity contribution in [1.29, 1.82) is 0 Å². The number of aliphatic hydroxyl groups is 1. The maximum atomic E-state index is 9.82. The van der Waals surface area contributed by atoms with Crippen LogP contribution in [0.4, 0.5) is 5.82 Å². The van der Waals surface area contributed by atoms with Gasteiger partial charge in [-0.05, 0) is 25.5 Å². The van der Waals surface area contributed by atoms with E-state index in [1.165, 1.54) is 0 Å². The first-order chi connectivity index (χ1) is 7.15. The van der Waals surface area contributed by atoms with E-state index in [1.54, 1.807) is 6.20 Å². The van der Waals surface area contributed by atoms with Gasteiger partial charge in [0.25, 0.3) is 0 Å². The van der Waals surface area contributed by atoms with E-state index in [9.17, 15) is 5.11 Å². The first-order valence-corrected chi connectivity index (χ1v) is 5.14. The topological polar surface area (TPSA) is 68.4 Å². The predicted molar refractivity (Wildman–Crippen MR) is 59.4 cm³/mol. The van der Waals surface area contributed by atoms with Gasteiger partial charge in [-0.2, -0.15) is 0 Å². The quantitative estimate of drug-likeness (QED) is 0.760. The van der Waals surface area contributed by atoms with Crippen molar-refractivity contribution in [2.75, 3.05) is 12.3 Å². The summed E-state index contributed by atoms with van der Waals surface area (Å²) >= 11 is 0. The number of anilines is 1. The molecule has 0 saturated carbocycles. The summed E-state index contributed by atoms with van der Waals surface area (Å²) in [4.78, 5) is 3.96. The molecule has 0 saturated heterocycles. The van der Waals surface area contributed by atoms with Crippen molar-refractivity contribution in [3.8, 4) is 0 Å². The standard InChI is InChI=1S/C11H18N2O2/c1-3-15-8(2)10(14)7-9-5-4-6-13-11(9)12/h4-6,8,10,14H,3,7H2,1-2H3,(H2,12,13). The lowest BCUT2D eigenvalue weighted by Gasteiger charge is -2.19. The molecule has 0 aliphatic rings. The Morgan fingerprint density at radius 1 is 1.60 bits per heavy atom. The highest BCUT2D eigenvalue weighted by molar-refractivity contribution is 5.38. The number of nitrogens with two attached hydrogens (primary N) is 1. The van der Waals surface area contributed by atoms with Crippen LogP contribution in [0.5, 0.6) is 0 Å². The van der Waals surface area contributed by atoms with Gasteiger partial charge in [-0.15, -0.1) is 0 Å². The van der Waals surface area contributed by atoms with Gasteiger partial charge in [-0.25, -0.2) is 4.98 Å². The van der Waals surface area contributed by atoms with E-state index >= 15 is 0 Å². The summed E-state index contributed by atoms with van der Waals surface area (Å²) in [5.74, 6) is 0.472. The lowest BCUT2D eigenvalue weighted by Crippen LogP contribution is -2.28. The van der Waals surface area contributed by atoms with Gasteiger partial charge < -0.3 is 15.6 Å². The highest BCUT2D eigenvalue weighted by Gasteiger charge is 2.15. The Morgan fingerprint density at radius 3 is 2.93 bits per heavy atom. The molecule has 4 nitrogen and oxygen atoms in total. The van der Waals surface area contributed by atoms with E-state index in [2.05, 4.69) is 4.98 Å². The molecule has 0 amide bonds. The molecule has 1 rings (SSSR count). The molecule has 3 N–H and O–H groups in total. The SMILES string of the molecule is CCOC(C)C(O)Cc1cccnc1N. The number of nitrogen functional groups attached to an aromatic ring is 1. The summed E-state index contributed by atoms with van der Waals surface area (Å²) in [7, 11) is 0. The third-order valence-electron chi connectivity index (χ3n) is 2.33. The van der Waals surface area contributed by atoms with Crippen LogP contribution in [0.15, 0.2) is 18.3 Å². The predicted octanol–water partition coefficient (Wildman–Crippen LogP) is 0.992. The Labute approximate surface area is 90.1 Å². The molecular weight excluding hydrogens is 192 g/mol.